The number of aliphatic carboxylic acids is 1. The molecule has 182 valence electrons. The molecule has 5 rings (SSSR count). The SMILES string of the molecule is O=C(NC[C@H]1[C@@H](C(=O)N2CC=C(C(=O)O)CC2)C1(F)F)OCC1c2ccccc2-c2ccccc21. The number of carbonyl (C=O) groups excluding carboxylic acids is 2. The summed E-state index contributed by atoms with van der Waals surface area (Å²) < 4.78 is 34.0. The number of amides is 2. The van der Waals surface area contributed by atoms with Crippen LogP contribution in [0.5, 0.6) is 0 Å². The third kappa shape index (κ3) is 4.15. The van der Waals surface area contributed by atoms with Crippen molar-refractivity contribution >= 4 is 18.0 Å². The minimum atomic E-state index is -3.23. The van der Waals surface area contributed by atoms with Crippen molar-refractivity contribution < 1.29 is 33.0 Å². The van der Waals surface area contributed by atoms with E-state index in [-0.39, 0.29) is 44.2 Å². The van der Waals surface area contributed by atoms with Gasteiger partial charge in [0.25, 0.3) is 5.92 Å². The van der Waals surface area contributed by atoms with Crippen molar-refractivity contribution in [3.05, 3.63) is 71.3 Å². The van der Waals surface area contributed by atoms with E-state index >= 15 is 0 Å². The Kier molecular flexibility index (Phi) is 5.78. The molecule has 2 atom stereocenters. The van der Waals surface area contributed by atoms with E-state index in [1.54, 1.807) is 0 Å². The number of alkyl halides is 2. The van der Waals surface area contributed by atoms with Crippen molar-refractivity contribution in [1.82, 2.24) is 10.2 Å². The predicted molar refractivity (Wildman–Crippen MR) is 122 cm³/mol. The smallest absolute Gasteiger partial charge is 0.407 e. The van der Waals surface area contributed by atoms with Gasteiger partial charge in [-0.15, -0.1) is 0 Å². The number of carbonyl (C=O) groups is 3. The summed E-state index contributed by atoms with van der Waals surface area (Å²) in [6, 6.07) is 15.7. The second-order valence-corrected chi connectivity index (χ2v) is 9.03. The third-order valence-corrected chi connectivity index (χ3v) is 7.07. The molecule has 0 bridgehead atoms. The number of hydrogen-bond donors (Lipinski definition) is 2. The van der Waals surface area contributed by atoms with Gasteiger partial charge in [-0.25, -0.2) is 18.4 Å². The summed E-state index contributed by atoms with van der Waals surface area (Å²) in [5.74, 6) is -8.02. The van der Waals surface area contributed by atoms with Crippen LogP contribution in [0.1, 0.15) is 23.5 Å². The highest BCUT2D eigenvalue weighted by Crippen LogP contribution is 2.55. The number of alkyl carbamates (subject to hydrolysis) is 1. The molecule has 1 aliphatic heterocycles. The second kappa shape index (κ2) is 8.79. The van der Waals surface area contributed by atoms with Gasteiger partial charge in [-0.05, 0) is 28.7 Å². The van der Waals surface area contributed by atoms with E-state index in [1.807, 2.05) is 48.5 Å². The van der Waals surface area contributed by atoms with E-state index in [0.29, 0.717) is 0 Å². The average Bonchev–Trinajstić information content (AvgIpc) is 3.26. The molecular formula is C26H24F2N2O5. The third-order valence-electron chi connectivity index (χ3n) is 7.07. The fourth-order valence-electron chi connectivity index (χ4n) is 5.08. The summed E-state index contributed by atoms with van der Waals surface area (Å²) in [5.41, 5.74) is 4.42. The Morgan fingerprint density at radius 2 is 1.69 bits per heavy atom. The number of rotatable bonds is 6. The summed E-state index contributed by atoms with van der Waals surface area (Å²) in [5, 5.41) is 11.4. The van der Waals surface area contributed by atoms with Crippen molar-refractivity contribution in [2.45, 2.75) is 18.3 Å². The molecule has 0 aromatic heterocycles. The van der Waals surface area contributed by atoms with Gasteiger partial charge in [-0.2, -0.15) is 0 Å². The molecule has 2 N–H and O–H groups in total. The lowest BCUT2D eigenvalue weighted by Gasteiger charge is -2.25. The van der Waals surface area contributed by atoms with Crippen LogP contribution in [0.3, 0.4) is 0 Å². The lowest BCUT2D eigenvalue weighted by molar-refractivity contribution is -0.136. The summed E-state index contributed by atoms with van der Waals surface area (Å²) >= 11 is 0. The average molecular weight is 482 g/mol. The van der Waals surface area contributed by atoms with Crippen molar-refractivity contribution in [2.24, 2.45) is 11.8 Å². The number of ether oxygens (including phenoxy) is 1. The molecule has 2 aromatic rings. The van der Waals surface area contributed by atoms with Gasteiger partial charge in [0.2, 0.25) is 5.91 Å². The van der Waals surface area contributed by atoms with Gasteiger partial charge in [0, 0.05) is 31.1 Å². The van der Waals surface area contributed by atoms with E-state index in [0.717, 1.165) is 22.3 Å². The molecule has 35 heavy (non-hydrogen) atoms. The Labute approximate surface area is 200 Å². The van der Waals surface area contributed by atoms with E-state index in [2.05, 4.69) is 5.32 Å². The first-order valence-corrected chi connectivity index (χ1v) is 11.5. The van der Waals surface area contributed by atoms with Crippen LogP contribution in [-0.2, 0) is 14.3 Å². The largest absolute Gasteiger partial charge is 0.478 e. The highest BCUT2D eigenvalue weighted by atomic mass is 19.3. The van der Waals surface area contributed by atoms with Gasteiger partial charge in [0.15, 0.2) is 0 Å². The Bertz CT molecular complexity index is 1180. The molecule has 0 spiro atoms. The van der Waals surface area contributed by atoms with Gasteiger partial charge < -0.3 is 20.1 Å². The van der Waals surface area contributed by atoms with E-state index < -0.39 is 35.7 Å². The van der Waals surface area contributed by atoms with Crippen molar-refractivity contribution in [1.29, 1.82) is 0 Å². The lowest BCUT2D eigenvalue weighted by atomic mass is 9.98. The lowest BCUT2D eigenvalue weighted by Crippen LogP contribution is -2.38. The van der Waals surface area contributed by atoms with Gasteiger partial charge in [0.05, 0.1) is 5.92 Å². The van der Waals surface area contributed by atoms with Crippen LogP contribution in [0.15, 0.2) is 60.2 Å². The Balaban J connectivity index is 1.15. The maximum Gasteiger partial charge on any atom is 0.407 e. The van der Waals surface area contributed by atoms with Crippen LogP contribution in [-0.4, -0.2) is 60.1 Å². The number of hydrogen-bond acceptors (Lipinski definition) is 4. The molecule has 2 aliphatic carbocycles. The van der Waals surface area contributed by atoms with E-state index in [4.69, 9.17) is 9.84 Å². The Morgan fingerprint density at radius 3 is 2.26 bits per heavy atom. The van der Waals surface area contributed by atoms with Gasteiger partial charge in [0.1, 0.15) is 12.5 Å². The summed E-state index contributed by atoms with van der Waals surface area (Å²) in [4.78, 5) is 37.1. The van der Waals surface area contributed by atoms with E-state index in [9.17, 15) is 23.2 Å². The van der Waals surface area contributed by atoms with Crippen molar-refractivity contribution in [2.75, 3.05) is 26.2 Å². The molecule has 0 radical (unpaired) electrons. The van der Waals surface area contributed by atoms with E-state index in [1.165, 1.54) is 11.0 Å². The number of halogens is 2. The molecule has 9 heteroatoms. The number of benzene rings is 2. The minimum Gasteiger partial charge on any atom is -0.478 e. The maximum absolute atomic E-state index is 14.3. The molecular weight excluding hydrogens is 458 g/mol. The van der Waals surface area contributed by atoms with Crippen LogP contribution < -0.4 is 5.32 Å². The van der Waals surface area contributed by atoms with Crippen LogP contribution in [0.25, 0.3) is 11.1 Å². The van der Waals surface area contributed by atoms with Crippen LogP contribution >= 0.6 is 0 Å². The Morgan fingerprint density at radius 1 is 1.06 bits per heavy atom. The second-order valence-electron chi connectivity index (χ2n) is 9.03. The zero-order valence-electron chi connectivity index (χ0n) is 18.7. The number of carboxylic acids is 1. The topological polar surface area (TPSA) is 95.9 Å². The molecule has 1 fully saturated rings. The molecule has 1 heterocycles. The molecule has 2 aromatic carbocycles. The predicted octanol–water partition coefficient (Wildman–Crippen LogP) is 3.65. The van der Waals surface area contributed by atoms with Crippen LogP contribution in [0.2, 0.25) is 0 Å². The summed E-state index contributed by atoms with van der Waals surface area (Å²) in [6.45, 7) is -0.255. The molecule has 7 nitrogen and oxygen atoms in total. The molecule has 0 saturated heterocycles. The quantitative estimate of drug-likeness (QED) is 0.656. The summed E-state index contributed by atoms with van der Waals surface area (Å²) in [7, 11) is 0. The molecule has 2 amide bonds. The first-order valence-electron chi connectivity index (χ1n) is 11.5. The normalized spacial score (nSPS) is 22.0. The highest BCUT2D eigenvalue weighted by molar-refractivity contribution is 5.88. The molecule has 0 unspecified atom stereocenters. The fraction of sp³-hybridized carbons (Fsp3) is 0.346. The number of nitrogens with one attached hydrogen (secondary N) is 1. The molecule has 3 aliphatic rings. The van der Waals surface area contributed by atoms with Crippen LogP contribution in [0, 0.1) is 11.8 Å². The zero-order valence-corrected chi connectivity index (χ0v) is 18.7. The molecule has 1 saturated carbocycles. The number of fused-ring (bicyclic) bond motifs is 3. The summed E-state index contributed by atoms with van der Waals surface area (Å²) in [6.07, 6.45) is 0.670. The first kappa shape index (κ1) is 23.0. The monoisotopic (exact) mass is 482 g/mol. The highest BCUT2D eigenvalue weighted by Gasteiger charge is 2.72. The fourth-order valence-corrected chi connectivity index (χ4v) is 5.08. The number of carboxylic acid groups (broad SMARTS) is 1. The maximum atomic E-state index is 14.3. The van der Waals surface area contributed by atoms with Gasteiger partial charge in [-0.1, -0.05) is 54.6 Å². The van der Waals surface area contributed by atoms with Crippen molar-refractivity contribution in [3.8, 4) is 11.1 Å². The number of nitrogens with zero attached hydrogens (tertiary/aromatic N) is 1. The Hall–Kier alpha value is -3.75. The minimum absolute atomic E-state index is 0.0143. The van der Waals surface area contributed by atoms with Gasteiger partial charge >= 0.3 is 12.1 Å². The zero-order chi connectivity index (χ0) is 24.7. The van der Waals surface area contributed by atoms with Gasteiger partial charge in [-0.3, -0.25) is 4.79 Å². The van der Waals surface area contributed by atoms with Crippen LogP contribution in [0.4, 0.5) is 13.6 Å². The standard InChI is InChI=1S/C26H24F2N2O5/c27-26(28)21(22(26)23(31)30-11-9-15(10-12-30)24(32)33)13-29-25(34)35-14-20-18-7-3-1-5-16(18)17-6-2-4-8-19(17)20/h1-9,20-22H,10-14H2,(H,29,34)(H,32,33)/t21-,22-/m0/s1. The van der Waals surface area contributed by atoms with Crippen molar-refractivity contribution in [3.63, 3.8) is 0 Å². The first-order chi connectivity index (χ1) is 16.8.